The van der Waals surface area contributed by atoms with Gasteiger partial charge in [0.1, 0.15) is 30.7 Å². The molecule has 0 aliphatic carbocycles. The first-order valence-corrected chi connectivity index (χ1v) is 9.75. The number of thiazole rings is 1. The first-order valence-electron chi connectivity index (χ1n) is 8.94. The Balaban J connectivity index is 1.74. The fourth-order valence-electron chi connectivity index (χ4n) is 2.81. The van der Waals surface area contributed by atoms with E-state index >= 15 is 0 Å². The summed E-state index contributed by atoms with van der Waals surface area (Å²) in [5.41, 5.74) is 1.63. The number of hydrogen-bond donors (Lipinski definition) is 0. The highest BCUT2D eigenvalue weighted by atomic mass is 32.1. The Bertz CT molecular complexity index is 1000. The van der Waals surface area contributed by atoms with E-state index in [9.17, 15) is 4.79 Å². The SMILES string of the molecule is CCOc1cccc2sc(N(Cc3cccnc3)C(=O)C3=COCCO3)nc12. The molecule has 28 heavy (non-hydrogen) atoms. The Kier molecular flexibility index (Phi) is 5.38. The normalized spacial score (nSPS) is 13.4. The zero-order valence-electron chi connectivity index (χ0n) is 15.3. The van der Waals surface area contributed by atoms with Crippen LogP contribution in [0.2, 0.25) is 0 Å². The lowest BCUT2D eigenvalue weighted by molar-refractivity contribution is -0.119. The molecule has 4 rings (SSSR count). The third kappa shape index (κ3) is 3.77. The number of anilines is 1. The van der Waals surface area contributed by atoms with Gasteiger partial charge in [-0.05, 0) is 30.7 Å². The summed E-state index contributed by atoms with van der Waals surface area (Å²) in [6.07, 6.45) is 4.79. The number of para-hydroxylation sites is 1. The second-order valence-electron chi connectivity index (χ2n) is 5.99. The van der Waals surface area contributed by atoms with Gasteiger partial charge in [0, 0.05) is 12.4 Å². The van der Waals surface area contributed by atoms with Crippen molar-refractivity contribution >= 4 is 32.6 Å². The molecule has 0 spiro atoms. The summed E-state index contributed by atoms with van der Waals surface area (Å²) >= 11 is 1.43. The molecule has 1 aliphatic rings. The van der Waals surface area contributed by atoms with Gasteiger partial charge in [0.25, 0.3) is 5.91 Å². The number of pyridine rings is 1. The molecule has 1 amide bonds. The third-order valence-electron chi connectivity index (χ3n) is 4.07. The van der Waals surface area contributed by atoms with Crippen molar-refractivity contribution in [1.82, 2.24) is 9.97 Å². The van der Waals surface area contributed by atoms with Crippen LogP contribution in [0.15, 0.2) is 54.7 Å². The van der Waals surface area contributed by atoms with Crippen molar-refractivity contribution in [3.8, 4) is 5.75 Å². The Labute approximate surface area is 166 Å². The van der Waals surface area contributed by atoms with Gasteiger partial charge in [0.2, 0.25) is 5.76 Å². The summed E-state index contributed by atoms with van der Waals surface area (Å²) in [4.78, 5) is 23.6. The molecule has 144 valence electrons. The number of ether oxygens (including phenoxy) is 3. The number of benzene rings is 1. The van der Waals surface area contributed by atoms with Crippen LogP contribution in [0.4, 0.5) is 5.13 Å². The highest BCUT2D eigenvalue weighted by molar-refractivity contribution is 7.22. The number of hydrogen-bond acceptors (Lipinski definition) is 7. The molecule has 2 aromatic heterocycles. The van der Waals surface area contributed by atoms with Crippen molar-refractivity contribution in [3.63, 3.8) is 0 Å². The van der Waals surface area contributed by atoms with E-state index in [1.165, 1.54) is 17.6 Å². The van der Waals surface area contributed by atoms with Gasteiger partial charge in [0.05, 0.1) is 17.9 Å². The minimum absolute atomic E-state index is 0.166. The van der Waals surface area contributed by atoms with Gasteiger partial charge in [0.15, 0.2) is 5.13 Å². The predicted octanol–water partition coefficient (Wildman–Crippen LogP) is 3.51. The molecule has 3 heterocycles. The Morgan fingerprint density at radius 2 is 2.21 bits per heavy atom. The number of nitrogens with zero attached hydrogens (tertiary/aromatic N) is 3. The Hall–Kier alpha value is -3.13. The molecule has 0 bridgehead atoms. The van der Waals surface area contributed by atoms with E-state index in [-0.39, 0.29) is 11.7 Å². The molecule has 0 unspecified atom stereocenters. The minimum Gasteiger partial charge on any atom is -0.494 e. The summed E-state index contributed by atoms with van der Waals surface area (Å²) in [7, 11) is 0. The minimum atomic E-state index is -0.305. The van der Waals surface area contributed by atoms with Gasteiger partial charge in [-0.3, -0.25) is 14.7 Å². The maximum Gasteiger partial charge on any atom is 0.298 e. The fourth-order valence-corrected chi connectivity index (χ4v) is 3.79. The molecular weight excluding hydrogens is 378 g/mol. The van der Waals surface area contributed by atoms with Gasteiger partial charge >= 0.3 is 0 Å². The smallest absolute Gasteiger partial charge is 0.298 e. The van der Waals surface area contributed by atoms with Crippen molar-refractivity contribution in [1.29, 1.82) is 0 Å². The number of carbonyl (C=O) groups excluding carboxylic acids is 1. The van der Waals surface area contributed by atoms with Crippen LogP contribution in [0.25, 0.3) is 10.2 Å². The first kappa shape index (κ1) is 18.2. The zero-order valence-corrected chi connectivity index (χ0v) is 16.1. The summed E-state index contributed by atoms with van der Waals surface area (Å²) in [6, 6.07) is 9.51. The van der Waals surface area contributed by atoms with Crippen LogP contribution in [0, 0.1) is 0 Å². The Morgan fingerprint density at radius 1 is 1.29 bits per heavy atom. The van der Waals surface area contributed by atoms with Crippen molar-refractivity contribution in [2.24, 2.45) is 0 Å². The van der Waals surface area contributed by atoms with Gasteiger partial charge < -0.3 is 14.2 Å². The largest absolute Gasteiger partial charge is 0.494 e. The number of aromatic nitrogens is 2. The van der Waals surface area contributed by atoms with E-state index in [1.807, 2.05) is 37.3 Å². The number of carbonyl (C=O) groups is 1. The van der Waals surface area contributed by atoms with Crippen LogP contribution in [0.3, 0.4) is 0 Å². The fraction of sp³-hybridized carbons (Fsp3) is 0.250. The van der Waals surface area contributed by atoms with E-state index in [4.69, 9.17) is 19.2 Å². The average Bonchev–Trinajstić information content (AvgIpc) is 3.18. The summed E-state index contributed by atoms with van der Waals surface area (Å²) < 4.78 is 17.4. The van der Waals surface area contributed by atoms with Crippen LogP contribution in [0.5, 0.6) is 5.75 Å². The number of fused-ring (bicyclic) bond motifs is 1. The van der Waals surface area contributed by atoms with Gasteiger partial charge in [-0.15, -0.1) is 0 Å². The van der Waals surface area contributed by atoms with Crippen molar-refractivity contribution in [2.45, 2.75) is 13.5 Å². The monoisotopic (exact) mass is 397 g/mol. The van der Waals surface area contributed by atoms with Gasteiger partial charge in [-0.25, -0.2) is 4.98 Å². The highest BCUT2D eigenvalue weighted by Crippen LogP contribution is 2.35. The predicted molar refractivity (Wildman–Crippen MR) is 106 cm³/mol. The molecule has 8 heteroatoms. The molecule has 0 saturated carbocycles. The van der Waals surface area contributed by atoms with Crippen LogP contribution < -0.4 is 9.64 Å². The zero-order chi connectivity index (χ0) is 19.3. The van der Waals surface area contributed by atoms with Crippen LogP contribution >= 0.6 is 11.3 Å². The van der Waals surface area contributed by atoms with Crippen molar-refractivity contribution < 1.29 is 19.0 Å². The van der Waals surface area contributed by atoms with Crippen molar-refractivity contribution in [2.75, 3.05) is 24.7 Å². The number of rotatable bonds is 6. The van der Waals surface area contributed by atoms with Crippen LogP contribution in [-0.4, -0.2) is 35.7 Å². The van der Waals surface area contributed by atoms with Crippen LogP contribution in [0.1, 0.15) is 12.5 Å². The van der Waals surface area contributed by atoms with E-state index in [0.717, 1.165) is 15.8 Å². The summed E-state index contributed by atoms with van der Waals surface area (Å²) in [5, 5.41) is 0.561. The molecule has 0 N–H and O–H groups in total. The molecule has 3 aromatic rings. The lowest BCUT2D eigenvalue weighted by Crippen LogP contribution is -2.33. The van der Waals surface area contributed by atoms with E-state index in [1.54, 1.807) is 17.3 Å². The molecular formula is C20H19N3O4S. The second-order valence-corrected chi connectivity index (χ2v) is 7.00. The molecule has 0 atom stereocenters. The summed E-state index contributed by atoms with van der Waals surface area (Å²) in [5.74, 6) is 0.563. The molecule has 0 saturated heterocycles. The Morgan fingerprint density at radius 3 is 2.96 bits per heavy atom. The topological polar surface area (TPSA) is 73.8 Å². The van der Waals surface area contributed by atoms with Gasteiger partial charge in [-0.2, -0.15) is 0 Å². The highest BCUT2D eigenvalue weighted by Gasteiger charge is 2.27. The van der Waals surface area contributed by atoms with E-state index in [2.05, 4.69) is 4.98 Å². The lowest BCUT2D eigenvalue weighted by Gasteiger charge is -2.23. The number of amides is 1. The van der Waals surface area contributed by atoms with E-state index in [0.29, 0.717) is 37.2 Å². The molecule has 0 fully saturated rings. The standard InChI is InChI=1S/C20H19N3O4S/c1-2-26-15-6-3-7-17-18(15)22-20(28-17)23(12-14-5-4-8-21-11-14)19(24)16-13-25-9-10-27-16/h3-8,11,13H,2,9-10,12H2,1H3. The quantitative estimate of drug-likeness (QED) is 0.634. The maximum absolute atomic E-state index is 13.2. The molecule has 7 nitrogen and oxygen atoms in total. The second kappa shape index (κ2) is 8.26. The molecule has 1 aliphatic heterocycles. The van der Waals surface area contributed by atoms with Gasteiger partial charge in [-0.1, -0.05) is 23.5 Å². The van der Waals surface area contributed by atoms with E-state index < -0.39 is 0 Å². The maximum atomic E-state index is 13.2. The first-order chi connectivity index (χ1) is 13.8. The lowest BCUT2D eigenvalue weighted by atomic mass is 10.2. The molecule has 1 aromatic carbocycles. The third-order valence-corrected chi connectivity index (χ3v) is 5.11. The molecule has 0 radical (unpaired) electrons. The average molecular weight is 397 g/mol. The van der Waals surface area contributed by atoms with Crippen molar-refractivity contribution in [3.05, 3.63) is 60.3 Å². The van der Waals surface area contributed by atoms with Crippen LogP contribution in [-0.2, 0) is 20.8 Å². The summed E-state index contributed by atoms with van der Waals surface area (Å²) in [6.45, 7) is 3.56.